The fraction of sp³-hybridized carbons (Fsp3) is 0.294. The van der Waals surface area contributed by atoms with Crippen LogP contribution in [0.1, 0.15) is 35.2 Å². The predicted octanol–water partition coefficient (Wildman–Crippen LogP) is 3.86. The quantitative estimate of drug-likeness (QED) is 0.869. The van der Waals surface area contributed by atoms with Gasteiger partial charge in [0.1, 0.15) is 5.75 Å². The number of nitrogens with one attached hydrogen (secondary N) is 1. The van der Waals surface area contributed by atoms with Gasteiger partial charge in [0.25, 0.3) is 0 Å². The molecule has 1 unspecified atom stereocenters. The first-order valence-electron chi connectivity index (χ1n) is 6.65. The average molecular weight is 255 g/mol. The minimum absolute atomic E-state index is 0.215. The summed E-state index contributed by atoms with van der Waals surface area (Å²) in [5.74, 6) is 0.317. The van der Waals surface area contributed by atoms with Crippen LogP contribution in [0.4, 0.5) is 0 Å². The topological polar surface area (TPSA) is 32.3 Å². The highest BCUT2D eigenvalue weighted by Crippen LogP contribution is 2.19. The zero-order chi connectivity index (χ0) is 13.8. The highest BCUT2D eigenvalue weighted by molar-refractivity contribution is 5.33. The van der Waals surface area contributed by atoms with Gasteiger partial charge in [0.15, 0.2) is 0 Å². The highest BCUT2D eigenvalue weighted by atomic mass is 16.3. The Morgan fingerprint density at radius 2 is 1.84 bits per heavy atom. The third-order valence-corrected chi connectivity index (χ3v) is 3.69. The second kappa shape index (κ2) is 5.89. The van der Waals surface area contributed by atoms with Gasteiger partial charge in [-0.2, -0.15) is 0 Å². The van der Waals surface area contributed by atoms with E-state index in [1.165, 1.54) is 16.7 Å². The summed E-state index contributed by atoms with van der Waals surface area (Å²) in [6.07, 6.45) is 0. The average Bonchev–Trinajstić information content (AvgIpc) is 2.40. The fourth-order valence-corrected chi connectivity index (χ4v) is 2.18. The lowest BCUT2D eigenvalue weighted by Crippen LogP contribution is -2.18. The molecule has 0 spiro atoms. The van der Waals surface area contributed by atoms with Gasteiger partial charge < -0.3 is 10.4 Å². The van der Waals surface area contributed by atoms with Crippen molar-refractivity contribution in [2.75, 3.05) is 0 Å². The molecule has 0 bridgehead atoms. The van der Waals surface area contributed by atoms with Crippen molar-refractivity contribution < 1.29 is 5.11 Å². The Balaban J connectivity index is 2.04. The van der Waals surface area contributed by atoms with Crippen LogP contribution in [-0.2, 0) is 6.54 Å². The Labute approximate surface area is 115 Å². The van der Waals surface area contributed by atoms with E-state index in [0.29, 0.717) is 5.75 Å². The molecule has 0 aromatic heterocycles. The van der Waals surface area contributed by atoms with Crippen molar-refractivity contribution in [2.24, 2.45) is 0 Å². The normalized spacial score (nSPS) is 12.4. The molecule has 19 heavy (non-hydrogen) atoms. The van der Waals surface area contributed by atoms with Crippen LogP contribution in [0.5, 0.6) is 5.75 Å². The molecule has 2 aromatic rings. The van der Waals surface area contributed by atoms with Crippen molar-refractivity contribution in [3.05, 3.63) is 64.7 Å². The summed E-state index contributed by atoms with van der Waals surface area (Å²) in [6.45, 7) is 7.24. The van der Waals surface area contributed by atoms with E-state index in [1.807, 2.05) is 12.1 Å². The first-order chi connectivity index (χ1) is 9.08. The monoisotopic (exact) mass is 255 g/mol. The maximum Gasteiger partial charge on any atom is 0.115 e. The Kier molecular flexibility index (Phi) is 4.23. The molecule has 0 aliphatic rings. The van der Waals surface area contributed by atoms with E-state index < -0.39 is 0 Å². The minimum atomic E-state index is 0.215. The van der Waals surface area contributed by atoms with Crippen LogP contribution in [0.2, 0.25) is 0 Å². The number of benzene rings is 2. The summed E-state index contributed by atoms with van der Waals surface area (Å²) >= 11 is 0. The van der Waals surface area contributed by atoms with Crippen molar-refractivity contribution >= 4 is 0 Å². The van der Waals surface area contributed by atoms with Crippen LogP contribution in [0.3, 0.4) is 0 Å². The summed E-state index contributed by atoms with van der Waals surface area (Å²) in [5, 5.41) is 13.0. The molecule has 2 N–H and O–H groups in total. The summed E-state index contributed by atoms with van der Waals surface area (Å²) < 4.78 is 0. The molecule has 0 amide bonds. The van der Waals surface area contributed by atoms with Crippen molar-refractivity contribution in [3.8, 4) is 5.75 Å². The van der Waals surface area contributed by atoms with Gasteiger partial charge in [0.05, 0.1) is 0 Å². The number of phenolic OH excluding ortho intramolecular Hbond substituents is 1. The molecular formula is C17H21NO. The standard InChI is InChI=1S/C17H21NO/c1-12-6-4-8-16(13(12)2)11-18-14(3)15-7-5-9-17(19)10-15/h4-10,14,18-19H,11H2,1-3H3. The maximum absolute atomic E-state index is 9.50. The molecule has 2 rings (SSSR count). The van der Waals surface area contributed by atoms with E-state index in [2.05, 4.69) is 44.3 Å². The second-order valence-corrected chi connectivity index (χ2v) is 5.06. The highest BCUT2D eigenvalue weighted by Gasteiger charge is 2.07. The van der Waals surface area contributed by atoms with E-state index in [-0.39, 0.29) is 6.04 Å². The molecule has 100 valence electrons. The van der Waals surface area contributed by atoms with Gasteiger partial charge in [-0.05, 0) is 55.2 Å². The molecule has 0 saturated carbocycles. The van der Waals surface area contributed by atoms with Crippen LogP contribution in [0.15, 0.2) is 42.5 Å². The summed E-state index contributed by atoms with van der Waals surface area (Å²) in [4.78, 5) is 0. The number of aryl methyl sites for hydroxylation is 1. The molecule has 0 heterocycles. The third kappa shape index (κ3) is 3.36. The molecule has 2 aromatic carbocycles. The lowest BCUT2D eigenvalue weighted by Gasteiger charge is -2.16. The lowest BCUT2D eigenvalue weighted by atomic mass is 10.0. The Hall–Kier alpha value is -1.80. The van der Waals surface area contributed by atoms with Gasteiger partial charge in [-0.25, -0.2) is 0 Å². The van der Waals surface area contributed by atoms with Gasteiger partial charge in [0.2, 0.25) is 0 Å². The van der Waals surface area contributed by atoms with E-state index in [9.17, 15) is 5.11 Å². The van der Waals surface area contributed by atoms with Crippen LogP contribution in [0.25, 0.3) is 0 Å². The number of hydrogen-bond donors (Lipinski definition) is 2. The largest absolute Gasteiger partial charge is 0.508 e. The first-order valence-corrected chi connectivity index (χ1v) is 6.65. The number of rotatable bonds is 4. The van der Waals surface area contributed by atoms with Gasteiger partial charge in [-0.1, -0.05) is 30.3 Å². The Bertz CT molecular complexity index is 563. The Morgan fingerprint density at radius 3 is 2.58 bits per heavy atom. The molecule has 2 heteroatoms. The number of aromatic hydroxyl groups is 1. The number of hydrogen-bond acceptors (Lipinski definition) is 2. The van der Waals surface area contributed by atoms with Crippen molar-refractivity contribution in [2.45, 2.75) is 33.4 Å². The zero-order valence-corrected chi connectivity index (χ0v) is 11.8. The van der Waals surface area contributed by atoms with E-state index >= 15 is 0 Å². The third-order valence-electron chi connectivity index (χ3n) is 3.69. The lowest BCUT2D eigenvalue weighted by molar-refractivity contribution is 0.472. The van der Waals surface area contributed by atoms with Crippen molar-refractivity contribution in [3.63, 3.8) is 0 Å². The van der Waals surface area contributed by atoms with Crippen molar-refractivity contribution in [1.82, 2.24) is 5.32 Å². The minimum Gasteiger partial charge on any atom is -0.508 e. The molecule has 0 fully saturated rings. The molecule has 2 nitrogen and oxygen atoms in total. The molecule has 0 aliphatic heterocycles. The fourth-order valence-electron chi connectivity index (χ4n) is 2.18. The maximum atomic E-state index is 9.50. The molecular weight excluding hydrogens is 234 g/mol. The van der Waals surface area contributed by atoms with Gasteiger partial charge in [-0.15, -0.1) is 0 Å². The number of phenols is 1. The summed E-state index contributed by atoms with van der Waals surface area (Å²) in [5.41, 5.74) is 5.10. The second-order valence-electron chi connectivity index (χ2n) is 5.06. The van der Waals surface area contributed by atoms with Gasteiger partial charge in [0, 0.05) is 12.6 Å². The summed E-state index contributed by atoms with van der Waals surface area (Å²) in [7, 11) is 0. The van der Waals surface area contributed by atoms with Crippen LogP contribution >= 0.6 is 0 Å². The molecule has 0 aliphatic carbocycles. The SMILES string of the molecule is Cc1cccc(CNC(C)c2cccc(O)c2)c1C. The molecule has 0 radical (unpaired) electrons. The van der Waals surface area contributed by atoms with Crippen LogP contribution < -0.4 is 5.32 Å². The first kappa shape index (κ1) is 13.6. The van der Waals surface area contributed by atoms with Crippen LogP contribution in [0, 0.1) is 13.8 Å². The van der Waals surface area contributed by atoms with E-state index in [4.69, 9.17) is 0 Å². The predicted molar refractivity (Wildman–Crippen MR) is 79.3 cm³/mol. The van der Waals surface area contributed by atoms with Crippen molar-refractivity contribution in [1.29, 1.82) is 0 Å². The molecule has 0 saturated heterocycles. The zero-order valence-electron chi connectivity index (χ0n) is 11.8. The summed E-state index contributed by atoms with van der Waals surface area (Å²) in [6, 6.07) is 14.0. The van der Waals surface area contributed by atoms with E-state index in [0.717, 1.165) is 12.1 Å². The smallest absolute Gasteiger partial charge is 0.115 e. The van der Waals surface area contributed by atoms with Gasteiger partial charge >= 0.3 is 0 Å². The van der Waals surface area contributed by atoms with Crippen LogP contribution in [-0.4, -0.2) is 5.11 Å². The van der Waals surface area contributed by atoms with Gasteiger partial charge in [-0.3, -0.25) is 0 Å². The van der Waals surface area contributed by atoms with E-state index in [1.54, 1.807) is 12.1 Å². The Morgan fingerprint density at radius 1 is 1.11 bits per heavy atom. The molecule has 1 atom stereocenters.